The SMILES string of the molecule is COC(=O)c1cc(CNC(=O)CCN2C(=O)C(=Cc3cccc(-c4cc(C(F)(F)F)cc(C(F)(F)F)c4)n3)SC2=S)ccn1. The number of halogens is 6. The van der Waals surface area contributed by atoms with E-state index < -0.39 is 46.8 Å². The summed E-state index contributed by atoms with van der Waals surface area (Å²) in [5.74, 6) is -1.59. The van der Waals surface area contributed by atoms with Gasteiger partial charge in [0.2, 0.25) is 5.91 Å². The van der Waals surface area contributed by atoms with Gasteiger partial charge in [-0.3, -0.25) is 14.5 Å². The van der Waals surface area contributed by atoms with Crippen LogP contribution in [0, 0.1) is 0 Å². The Kier molecular flexibility index (Phi) is 9.73. The minimum atomic E-state index is -5.02. The predicted molar refractivity (Wildman–Crippen MR) is 152 cm³/mol. The summed E-state index contributed by atoms with van der Waals surface area (Å²) in [6.45, 7) is 0.0253. The summed E-state index contributed by atoms with van der Waals surface area (Å²) in [7, 11) is 1.21. The summed E-state index contributed by atoms with van der Waals surface area (Å²) in [5.41, 5.74) is -2.78. The van der Waals surface area contributed by atoms with Crippen LogP contribution in [-0.2, 0) is 33.2 Å². The number of hydrogen-bond donors (Lipinski definition) is 1. The Bertz CT molecular complexity index is 1630. The molecule has 3 aromatic rings. The first-order valence-corrected chi connectivity index (χ1v) is 13.7. The molecule has 0 atom stereocenters. The number of carbonyl (C=O) groups is 3. The van der Waals surface area contributed by atoms with Crippen LogP contribution in [0.3, 0.4) is 0 Å². The highest BCUT2D eigenvalue weighted by Gasteiger charge is 2.37. The number of benzene rings is 1. The second-order valence-corrected chi connectivity index (χ2v) is 10.8. The Morgan fingerprint density at radius 3 is 2.36 bits per heavy atom. The van der Waals surface area contributed by atoms with Crippen LogP contribution in [0.4, 0.5) is 26.3 Å². The summed E-state index contributed by atoms with van der Waals surface area (Å²) in [6, 6.07) is 8.28. The number of aromatic nitrogens is 2. The fraction of sp³-hybridized carbons (Fsp3) is 0.214. The average molecular weight is 655 g/mol. The zero-order valence-corrected chi connectivity index (χ0v) is 24.1. The summed E-state index contributed by atoms with van der Waals surface area (Å²) in [4.78, 5) is 46.4. The second-order valence-electron chi connectivity index (χ2n) is 9.14. The lowest BCUT2D eigenvalue weighted by molar-refractivity contribution is -0.143. The number of amides is 2. The van der Waals surface area contributed by atoms with Crippen molar-refractivity contribution in [1.82, 2.24) is 20.2 Å². The summed E-state index contributed by atoms with van der Waals surface area (Å²) < 4.78 is 84.6. The fourth-order valence-corrected chi connectivity index (χ4v) is 5.22. The van der Waals surface area contributed by atoms with E-state index in [1.54, 1.807) is 6.07 Å². The van der Waals surface area contributed by atoms with Crippen molar-refractivity contribution in [2.24, 2.45) is 0 Å². The van der Waals surface area contributed by atoms with E-state index in [0.29, 0.717) is 17.7 Å². The number of nitrogens with one attached hydrogen (secondary N) is 1. The number of hydrogen-bond acceptors (Lipinski definition) is 8. The van der Waals surface area contributed by atoms with Gasteiger partial charge in [-0.2, -0.15) is 26.3 Å². The van der Waals surface area contributed by atoms with Gasteiger partial charge in [-0.05, 0) is 54.1 Å². The molecule has 1 saturated heterocycles. The van der Waals surface area contributed by atoms with Gasteiger partial charge in [-0.15, -0.1) is 0 Å². The maximum absolute atomic E-state index is 13.3. The van der Waals surface area contributed by atoms with Crippen LogP contribution >= 0.6 is 24.0 Å². The van der Waals surface area contributed by atoms with Crippen molar-refractivity contribution >= 4 is 52.2 Å². The highest BCUT2D eigenvalue weighted by atomic mass is 32.2. The van der Waals surface area contributed by atoms with E-state index in [2.05, 4.69) is 20.0 Å². The number of rotatable bonds is 8. The molecule has 1 N–H and O–H groups in total. The van der Waals surface area contributed by atoms with E-state index in [1.807, 2.05) is 0 Å². The average Bonchev–Trinajstić information content (AvgIpc) is 3.24. The molecule has 0 spiro atoms. The molecule has 1 aliphatic rings. The standard InChI is InChI=1S/C28H20F6N4O4S2/c1-42-25(41)21-9-15(5-7-35-21)14-36-23(39)6-8-38-24(40)22(44-26(38)43)13-19-3-2-4-20(37-19)16-10-17(27(29,30)31)12-18(11-16)28(32,33)34/h2-5,7,9-13H,6,8,14H2,1H3,(H,36,39). The van der Waals surface area contributed by atoms with E-state index in [-0.39, 0.29) is 51.9 Å². The highest BCUT2D eigenvalue weighted by molar-refractivity contribution is 8.26. The minimum absolute atomic E-state index is 0.0268. The molecule has 2 amide bonds. The molecule has 44 heavy (non-hydrogen) atoms. The maximum atomic E-state index is 13.3. The van der Waals surface area contributed by atoms with Gasteiger partial charge in [0.25, 0.3) is 5.91 Å². The molecule has 0 unspecified atom stereocenters. The second kappa shape index (κ2) is 13.1. The smallest absolute Gasteiger partial charge is 0.416 e. The number of thioether (sulfide) groups is 1. The highest BCUT2D eigenvalue weighted by Crippen LogP contribution is 2.38. The van der Waals surface area contributed by atoms with Gasteiger partial charge in [0.1, 0.15) is 10.0 Å². The molecule has 1 aromatic carbocycles. The largest absolute Gasteiger partial charge is 0.464 e. The predicted octanol–water partition coefficient (Wildman–Crippen LogP) is 5.88. The van der Waals surface area contributed by atoms with Crippen molar-refractivity contribution in [1.29, 1.82) is 0 Å². The van der Waals surface area contributed by atoms with Crippen LogP contribution in [0.5, 0.6) is 0 Å². The zero-order chi connectivity index (χ0) is 32.2. The van der Waals surface area contributed by atoms with Gasteiger partial charge in [0, 0.05) is 31.3 Å². The Morgan fingerprint density at radius 2 is 1.73 bits per heavy atom. The molecule has 16 heteroatoms. The Morgan fingerprint density at radius 1 is 1.05 bits per heavy atom. The lowest BCUT2D eigenvalue weighted by Gasteiger charge is -2.14. The molecule has 0 radical (unpaired) electrons. The third-order valence-electron chi connectivity index (χ3n) is 6.08. The van der Waals surface area contributed by atoms with Gasteiger partial charge in [0.15, 0.2) is 0 Å². The number of alkyl halides is 6. The first-order chi connectivity index (χ1) is 20.7. The van der Waals surface area contributed by atoms with Gasteiger partial charge >= 0.3 is 18.3 Å². The van der Waals surface area contributed by atoms with E-state index in [4.69, 9.17) is 12.2 Å². The Labute approximate surface area is 255 Å². The minimum Gasteiger partial charge on any atom is -0.464 e. The Hall–Kier alpha value is -4.31. The van der Waals surface area contributed by atoms with Crippen molar-refractivity contribution in [3.05, 3.63) is 87.7 Å². The normalized spacial score (nSPS) is 14.7. The Balaban J connectivity index is 1.44. The number of methoxy groups -OCH3 is 1. The molecule has 4 rings (SSSR count). The maximum Gasteiger partial charge on any atom is 0.416 e. The molecule has 3 heterocycles. The third-order valence-corrected chi connectivity index (χ3v) is 7.46. The van der Waals surface area contributed by atoms with Crippen molar-refractivity contribution in [3.63, 3.8) is 0 Å². The van der Waals surface area contributed by atoms with Crippen LogP contribution in [0.15, 0.2) is 59.6 Å². The van der Waals surface area contributed by atoms with Crippen molar-refractivity contribution < 1.29 is 45.5 Å². The molecule has 0 saturated carbocycles. The van der Waals surface area contributed by atoms with Crippen LogP contribution in [0.1, 0.15) is 39.3 Å². The van der Waals surface area contributed by atoms with Gasteiger partial charge < -0.3 is 10.1 Å². The van der Waals surface area contributed by atoms with Crippen LogP contribution in [0.2, 0.25) is 0 Å². The summed E-state index contributed by atoms with van der Waals surface area (Å²) >= 11 is 6.17. The van der Waals surface area contributed by atoms with Crippen molar-refractivity contribution in [3.8, 4) is 11.3 Å². The van der Waals surface area contributed by atoms with Crippen LogP contribution < -0.4 is 5.32 Å². The van der Waals surface area contributed by atoms with Crippen LogP contribution in [-0.4, -0.2) is 50.6 Å². The fourth-order valence-electron chi connectivity index (χ4n) is 3.93. The van der Waals surface area contributed by atoms with Gasteiger partial charge in [0.05, 0.1) is 34.5 Å². The number of esters is 1. The number of thiocarbonyl (C=S) groups is 1. The van der Waals surface area contributed by atoms with E-state index in [9.17, 15) is 40.7 Å². The van der Waals surface area contributed by atoms with Crippen molar-refractivity contribution in [2.45, 2.75) is 25.3 Å². The van der Waals surface area contributed by atoms with Crippen LogP contribution in [0.25, 0.3) is 17.3 Å². The number of nitrogens with zero attached hydrogens (tertiary/aromatic N) is 3. The third kappa shape index (κ3) is 7.99. The molecular formula is C28H20F6N4O4S2. The molecular weight excluding hydrogens is 634 g/mol. The lowest BCUT2D eigenvalue weighted by atomic mass is 10.0. The van der Waals surface area contributed by atoms with E-state index in [0.717, 1.165) is 11.8 Å². The lowest BCUT2D eigenvalue weighted by Crippen LogP contribution is -2.33. The molecule has 230 valence electrons. The molecule has 0 bridgehead atoms. The van der Waals surface area contributed by atoms with Gasteiger partial charge in [-0.1, -0.05) is 30.0 Å². The first-order valence-electron chi connectivity index (χ1n) is 12.5. The number of carbonyl (C=O) groups excluding carboxylic acids is 3. The topological polar surface area (TPSA) is 101 Å². The number of pyridine rings is 2. The molecule has 1 aliphatic heterocycles. The summed E-state index contributed by atoms with van der Waals surface area (Å²) in [6.07, 6.45) is -7.45. The number of ether oxygens (including phenoxy) is 1. The first kappa shape index (κ1) is 32.6. The molecule has 2 aromatic heterocycles. The molecule has 1 fully saturated rings. The van der Waals surface area contributed by atoms with Gasteiger partial charge in [-0.25, -0.2) is 14.8 Å². The molecule has 0 aliphatic carbocycles. The molecule has 8 nitrogen and oxygen atoms in total. The summed E-state index contributed by atoms with van der Waals surface area (Å²) in [5, 5.41) is 2.66. The van der Waals surface area contributed by atoms with E-state index in [1.165, 1.54) is 48.5 Å². The van der Waals surface area contributed by atoms with E-state index >= 15 is 0 Å². The zero-order valence-electron chi connectivity index (χ0n) is 22.5. The van der Waals surface area contributed by atoms with Crippen molar-refractivity contribution in [2.75, 3.05) is 13.7 Å². The monoisotopic (exact) mass is 654 g/mol. The quantitative estimate of drug-likeness (QED) is 0.139.